The summed E-state index contributed by atoms with van der Waals surface area (Å²) in [7, 11) is -21.2. The van der Waals surface area contributed by atoms with Gasteiger partial charge < -0.3 is 74.8 Å². The van der Waals surface area contributed by atoms with Crippen molar-refractivity contribution < 1.29 is 118 Å². The predicted octanol–water partition coefficient (Wildman–Crippen LogP) is -2.27. The van der Waals surface area contributed by atoms with Crippen LogP contribution in [0.4, 0.5) is 16.6 Å². The number of aliphatic hydroxyl groups is 3. The van der Waals surface area contributed by atoms with Crippen molar-refractivity contribution >= 4 is 71.5 Å². The number of nitrogens with one attached hydrogen (secondary N) is 2. The molecule has 3 fully saturated rings. The Kier molecular flexibility index (Phi) is 18.1. The molecular formula is C40H51N12O27P4+. The zero-order valence-electron chi connectivity index (χ0n) is 42.6. The number of fused-ring (bicyclic) bond motifs is 2. The van der Waals surface area contributed by atoms with Crippen LogP contribution in [0.2, 0.25) is 0 Å². The minimum absolute atomic E-state index is 0.0106. The van der Waals surface area contributed by atoms with E-state index < -0.39 is 154 Å². The standard InChI is InChI=1S/C40H50N12O27P4/c1-49-17-52(33-25(49)34(57)48-38(42)47-33)35-26(54)19(11-70-40(59)69-10-18-6-4-3-5-7-18)20(74-35)12-72-81(62,63)78-83(66,67)79-82(64,65)73-14-22-29(30(68-2)37(76-22)51-16-45-24-31(41)43-15-44-32(24)51)77-80(60,61)71-13-21-27(55)28(56)36(75-21)50-9-8-23(53)46-39(50)58/h3-9,15-17,19-22,26-30,35-37,54-56H,10-14H2,1-2H3,(H9-,41,42,43,44,46,47,48,53,57,58,60,61,62,63,64,65,66,67)/p+1/t19-,20-,21-,22-,26-,27-,28-,29-,30-,35-,36-,37-/m1/s1. The first-order chi connectivity index (χ1) is 39.1. The van der Waals surface area contributed by atoms with Crippen LogP contribution >= 0.6 is 31.3 Å². The fourth-order valence-corrected chi connectivity index (χ4v) is 13.5. The lowest BCUT2D eigenvalue weighted by Gasteiger charge is -2.26. The van der Waals surface area contributed by atoms with Crippen LogP contribution in [0.15, 0.2) is 76.0 Å². The van der Waals surface area contributed by atoms with Gasteiger partial charge in [-0.05, 0) is 5.56 Å². The number of aliphatic hydroxyl groups excluding tert-OH is 3. The molecule has 3 aliphatic heterocycles. The number of carbonyl (C=O) groups excluding carboxylic acids is 1. The number of rotatable bonds is 23. The van der Waals surface area contributed by atoms with Crippen LogP contribution in [0.3, 0.4) is 0 Å². The van der Waals surface area contributed by atoms with E-state index in [1.54, 1.807) is 30.3 Å². The molecule has 16 atom stereocenters. The molecule has 6 aromatic rings. The largest absolute Gasteiger partial charge is 0.508 e. The van der Waals surface area contributed by atoms with Crippen molar-refractivity contribution in [1.29, 1.82) is 0 Å². The molecule has 0 radical (unpaired) electrons. The van der Waals surface area contributed by atoms with E-state index in [2.05, 4.69) is 33.5 Å². The minimum atomic E-state index is -6.28. The molecule has 452 valence electrons. The topological polar surface area (TPSA) is 543 Å². The number of hydrogen-bond acceptors (Lipinski definition) is 29. The summed E-state index contributed by atoms with van der Waals surface area (Å²) >= 11 is 0. The molecule has 3 saturated heterocycles. The first kappa shape index (κ1) is 61.5. The minimum Gasteiger partial charge on any atom is -0.434 e. The predicted molar refractivity (Wildman–Crippen MR) is 268 cm³/mol. The summed E-state index contributed by atoms with van der Waals surface area (Å²) < 4.78 is 120. The van der Waals surface area contributed by atoms with Gasteiger partial charge in [-0.1, -0.05) is 35.3 Å². The Morgan fingerprint density at radius 3 is 2.10 bits per heavy atom. The van der Waals surface area contributed by atoms with Crippen molar-refractivity contribution in [1.82, 2.24) is 43.6 Å². The molecule has 4 unspecified atom stereocenters. The van der Waals surface area contributed by atoms with Gasteiger partial charge in [-0.25, -0.2) is 47.4 Å². The van der Waals surface area contributed by atoms with Gasteiger partial charge in [-0.3, -0.25) is 51.4 Å². The quantitative estimate of drug-likeness (QED) is 0.0183. The van der Waals surface area contributed by atoms with Crippen LogP contribution in [0, 0.1) is 5.92 Å². The van der Waals surface area contributed by atoms with Gasteiger partial charge in [0.1, 0.15) is 67.8 Å². The van der Waals surface area contributed by atoms with Crippen molar-refractivity contribution in [2.45, 2.75) is 74.1 Å². The summed E-state index contributed by atoms with van der Waals surface area (Å²) in [4.78, 5) is 113. The number of hydrogen-bond donors (Lipinski definition) is 11. The summed E-state index contributed by atoms with van der Waals surface area (Å²) in [5.41, 5.74) is 9.65. The molecule has 5 aromatic heterocycles. The molecule has 13 N–H and O–H groups in total. The lowest BCUT2D eigenvalue weighted by Crippen LogP contribution is -2.45. The van der Waals surface area contributed by atoms with E-state index in [1.807, 2.05) is 4.98 Å². The van der Waals surface area contributed by atoms with E-state index in [4.69, 9.17) is 58.0 Å². The highest BCUT2D eigenvalue weighted by Gasteiger charge is 2.54. The lowest BCUT2D eigenvalue weighted by molar-refractivity contribution is -0.745. The van der Waals surface area contributed by atoms with Gasteiger partial charge in [-0.2, -0.15) is 8.62 Å². The SMILES string of the molecule is CO[C@@H]1[C@H](OP(=O)(O)OC[C@H]2O[C@@H](n3ccc(=O)[nH]c3=O)[C@H](O)[C@@H]2O)[C@@H](COP(=O)(O)OP(=O)(O)OP(=O)(O)OC[C@H]2O[C@@H]([n+]3cn(C)c4c(=O)[nH]c(N)nc43)[C@H](O)[C@@H]2COC(=O)OCc2ccccc2)O[C@H]1n1cnc2c(N)ncnc21. The summed E-state index contributed by atoms with van der Waals surface area (Å²) in [6.45, 7) is -4.41. The van der Waals surface area contributed by atoms with E-state index in [9.17, 15) is 72.3 Å². The number of aromatic amines is 2. The monoisotopic (exact) mass is 1260 g/mol. The van der Waals surface area contributed by atoms with Gasteiger partial charge in [0.15, 0.2) is 30.2 Å². The fraction of sp³-hybridized carbons (Fsp3) is 0.475. The van der Waals surface area contributed by atoms with Crippen LogP contribution in [-0.4, -0.2) is 167 Å². The smallest absolute Gasteiger partial charge is 0.434 e. The first-order valence-electron chi connectivity index (χ1n) is 23.9. The molecule has 3 aliphatic rings. The zero-order valence-corrected chi connectivity index (χ0v) is 46.1. The third kappa shape index (κ3) is 13.9. The van der Waals surface area contributed by atoms with E-state index in [0.717, 1.165) is 36.6 Å². The Bertz CT molecular complexity index is 3740. The number of methoxy groups -OCH3 is 1. The Hall–Kier alpha value is -6.09. The molecule has 39 nitrogen and oxygen atoms in total. The maximum Gasteiger partial charge on any atom is 0.508 e. The third-order valence-electron chi connectivity index (χ3n) is 12.7. The Labute approximate surface area is 462 Å². The van der Waals surface area contributed by atoms with Crippen LogP contribution in [-0.2, 0) is 87.1 Å². The highest BCUT2D eigenvalue weighted by atomic mass is 31.3. The number of phosphoric ester groups is 3. The Morgan fingerprint density at radius 1 is 0.747 bits per heavy atom. The van der Waals surface area contributed by atoms with Crippen molar-refractivity contribution in [2.75, 3.05) is 45.0 Å². The number of nitrogen functional groups attached to an aromatic ring is 2. The van der Waals surface area contributed by atoms with Gasteiger partial charge in [-0.15, -0.1) is 0 Å². The number of ether oxygens (including phenoxy) is 6. The third-order valence-corrected chi connectivity index (χ3v) is 18.0. The number of anilines is 2. The molecule has 0 aliphatic carbocycles. The molecular weight excluding hydrogens is 1200 g/mol. The molecule has 9 rings (SSSR count). The molecule has 0 spiro atoms. The van der Waals surface area contributed by atoms with E-state index >= 15 is 0 Å². The number of nitrogens with zero attached hydrogens (tertiary/aromatic N) is 8. The first-order valence-corrected chi connectivity index (χ1v) is 29.8. The number of aryl methyl sites for hydroxylation is 1. The summed E-state index contributed by atoms with van der Waals surface area (Å²) in [6.07, 6.45) is -15.5. The molecule has 83 heavy (non-hydrogen) atoms. The van der Waals surface area contributed by atoms with Gasteiger partial charge in [0.25, 0.3) is 17.1 Å². The highest BCUT2D eigenvalue weighted by molar-refractivity contribution is 7.66. The van der Waals surface area contributed by atoms with Crippen LogP contribution < -0.4 is 32.8 Å². The summed E-state index contributed by atoms with van der Waals surface area (Å²) in [6, 6.07) is 9.34. The molecule has 0 saturated carbocycles. The molecule has 0 bridgehead atoms. The van der Waals surface area contributed by atoms with Crippen molar-refractivity contribution in [3.63, 3.8) is 0 Å². The molecule has 43 heteroatoms. The van der Waals surface area contributed by atoms with Gasteiger partial charge in [0.05, 0.1) is 45.2 Å². The Morgan fingerprint density at radius 2 is 1.41 bits per heavy atom. The molecule has 8 heterocycles. The second kappa shape index (κ2) is 24.5. The number of imidazole rings is 2. The van der Waals surface area contributed by atoms with Gasteiger partial charge >= 0.3 is 48.8 Å². The van der Waals surface area contributed by atoms with Crippen LogP contribution in [0.25, 0.3) is 22.3 Å². The maximum atomic E-state index is 13.7. The molecule has 1 aromatic carbocycles. The zero-order chi connectivity index (χ0) is 59.9. The number of carbonyl (C=O) groups is 1. The van der Waals surface area contributed by atoms with E-state index in [1.165, 1.54) is 27.1 Å². The Balaban J connectivity index is 0.872. The second-order valence-electron chi connectivity index (χ2n) is 18.2. The van der Waals surface area contributed by atoms with Crippen molar-refractivity contribution in [2.24, 2.45) is 13.0 Å². The van der Waals surface area contributed by atoms with Gasteiger partial charge in [0, 0.05) is 19.4 Å². The second-order valence-corrected chi connectivity index (χ2v) is 24.3. The van der Waals surface area contributed by atoms with E-state index in [-0.39, 0.29) is 40.7 Å². The lowest BCUT2D eigenvalue weighted by atomic mass is 9.99. The average Bonchev–Trinajstić information content (AvgIpc) is 2.53. The van der Waals surface area contributed by atoms with Crippen molar-refractivity contribution in [3.8, 4) is 0 Å². The molecule has 0 amide bonds. The normalized spacial score (nSPS) is 28.4. The summed E-state index contributed by atoms with van der Waals surface area (Å²) in [5.74, 6) is -1.82. The number of H-pyrrole nitrogens is 2. The van der Waals surface area contributed by atoms with E-state index in [0.29, 0.717) is 5.56 Å². The van der Waals surface area contributed by atoms with Crippen molar-refractivity contribution in [3.05, 3.63) is 98.3 Å². The fourth-order valence-electron chi connectivity index (χ4n) is 9.00. The summed E-state index contributed by atoms with van der Waals surface area (Å²) in [5, 5.41) is 32.9. The number of benzene rings is 1. The number of nitrogens with two attached hydrogens (primary N) is 2. The van der Waals surface area contributed by atoms with Crippen LogP contribution in [0.1, 0.15) is 24.2 Å². The van der Waals surface area contributed by atoms with Gasteiger partial charge in [0.2, 0.25) is 11.7 Å². The number of aromatic nitrogens is 10. The number of phosphoric acid groups is 4. The maximum absolute atomic E-state index is 13.7. The highest BCUT2D eigenvalue weighted by Crippen LogP contribution is 2.68. The average molecular weight is 1260 g/mol. The van der Waals surface area contributed by atoms with Crippen LogP contribution in [0.5, 0.6) is 0 Å².